The van der Waals surface area contributed by atoms with Crippen LogP contribution < -0.4 is 16.0 Å². The molecule has 3 aromatic carbocycles. The number of fused-ring (bicyclic) bond motifs is 2. The number of aryl methyl sites for hydroxylation is 1. The molecule has 0 spiro atoms. The lowest BCUT2D eigenvalue weighted by Crippen LogP contribution is -2.06. The first-order chi connectivity index (χ1) is 15.5. The monoisotopic (exact) mass is 444 g/mol. The highest BCUT2D eigenvalue weighted by Gasteiger charge is 2.14. The summed E-state index contributed by atoms with van der Waals surface area (Å²) in [6.45, 7) is 2.41. The fraction of sp³-hybridized carbons (Fsp3) is 0.0769. The molecular weight excluding hydrogens is 428 g/mol. The van der Waals surface area contributed by atoms with E-state index in [-0.39, 0.29) is 5.56 Å². The van der Waals surface area contributed by atoms with Gasteiger partial charge in [0.2, 0.25) is 0 Å². The lowest BCUT2D eigenvalue weighted by Gasteiger charge is -2.09. The van der Waals surface area contributed by atoms with Gasteiger partial charge in [0.1, 0.15) is 23.5 Å². The summed E-state index contributed by atoms with van der Waals surface area (Å²) >= 11 is 6.08. The van der Waals surface area contributed by atoms with Crippen LogP contribution in [0, 0.1) is 6.92 Å². The molecular formula is C26H17ClO5. The molecule has 0 bridgehead atoms. The predicted molar refractivity (Wildman–Crippen MR) is 124 cm³/mol. The highest BCUT2D eigenvalue weighted by atomic mass is 35.5. The van der Waals surface area contributed by atoms with E-state index in [2.05, 4.69) is 0 Å². The van der Waals surface area contributed by atoms with Crippen LogP contribution in [0.3, 0.4) is 0 Å². The number of halogens is 1. The van der Waals surface area contributed by atoms with Gasteiger partial charge in [-0.1, -0.05) is 41.4 Å². The molecule has 0 aliphatic heterocycles. The van der Waals surface area contributed by atoms with Gasteiger partial charge in [-0.25, -0.2) is 9.59 Å². The van der Waals surface area contributed by atoms with Crippen molar-refractivity contribution in [2.24, 2.45) is 0 Å². The third-order valence-corrected chi connectivity index (χ3v) is 5.46. The van der Waals surface area contributed by atoms with Crippen LogP contribution in [0.2, 0.25) is 5.02 Å². The van der Waals surface area contributed by atoms with Gasteiger partial charge in [0, 0.05) is 33.5 Å². The van der Waals surface area contributed by atoms with Gasteiger partial charge in [-0.05, 0) is 48.9 Å². The topological polar surface area (TPSA) is 69.7 Å². The normalized spacial score (nSPS) is 11.2. The van der Waals surface area contributed by atoms with Crippen LogP contribution in [-0.2, 0) is 6.61 Å². The van der Waals surface area contributed by atoms with E-state index in [0.717, 1.165) is 5.56 Å². The van der Waals surface area contributed by atoms with Gasteiger partial charge in [0.25, 0.3) is 0 Å². The van der Waals surface area contributed by atoms with Crippen LogP contribution >= 0.6 is 11.6 Å². The summed E-state index contributed by atoms with van der Waals surface area (Å²) in [4.78, 5) is 24.9. The maximum absolute atomic E-state index is 12.7. The van der Waals surface area contributed by atoms with E-state index in [1.807, 2.05) is 31.2 Å². The standard InChI is InChI=1S/C26H17ClO5/c1-15-2-4-16(5-3-15)14-30-19-7-8-20-21(13-25(28)31-24(20)12-19)22-11-17-10-18(27)6-9-23(17)32-26(22)29/h2-13H,14H2,1H3. The van der Waals surface area contributed by atoms with Crippen molar-refractivity contribution in [1.29, 1.82) is 0 Å². The Morgan fingerprint density at radius 1 is 0.812 bits per heavy atom. The molecule has 5 nitrogen and oxygen atoms in total. The Labute approximate surface area is 187 Å². The largest absolute Gasteiger partial charge is 0.489 e. The van der Waals surface area contributed by atoms with E-state index in [1.165, 1.54) is 11.6 Å². The van der Waals surface area contributed by atoms with Gasteiger partial charge in [0.15, 0.2) is 0 Å². The molecule has 2 heterocycles. The molecule has 158 valence electrons. The molecule has 0 saturated carbocycles. The Morgan fingerprint density at radius 3 is 2.44 bits per heavy atom. The van der Waals surface area contributed by atoms with E-state index in [1.54, 1.807) is 42.5 Å². The summed E-state index contributed by atoms with van der Waals surface area (Å²) in [6.07, 6.45) is 0. The molecule has 6 heteroatoms. The Kier molecular flexibility index (Phi) is 5.04. The molecule has 0 unspecified atom stereocenters. The minimum Gasteiger partial charge on any atom is -0.489 e. The van der Waals surface area contributed by atoms with Gasteiger partial charge in [-0.15, -0.1) is 0 Å². The Bertz CT molecular complexity index is 1580. The van der Waals surface area contributed by atoms with Crippen molar-refractivity contribution >= 4 is 33.5 Å². The fourth-order valence-corrected chi connectivity index (χ4v) is 3.77. The molecule has 0 fully saturated rings. The zero-order chi connectivity index (χ0) is 22.2. The average Bonchev–Trinajstić information content (AvgIpc) is 2.78. The van der Waals surface area contributed by atoms with Crippen LogP contribution in [0.15, 0.2) is 91.2 Å². The van der Waals surface area contributed by atoms with Crippen molar-refractivity contribution in [3.63, 3.8) is 0 Å². The van der Waals surface area contributed by atoms with Gasteiger partial charge >= 0.3 is 11.3 Å². The van der Waals surface area contributed by atoms with E-state index in [4.69, 9.17) is 25.2 Å². The van der Waals surface area contributed by atoms with Crippen molar-refractivity contribution in [2.75, 3.05) is 0 Å². The van der Waals surface area contributed by atoms with Crippen molar-refractivity contribution in [3.8, 4) is 16.9 Å². The second-order valence-electron chi connectivity index (χ2n) is 7.54. The summed E-state index contributed by atoms with van der Waals surface area (Å²) in [5.74, 6) is 0.552. The third-order valence-electron chi connectivity index (χ3n) is 5.23. The Hall–Kier alpha value is -3.83. The van der Waals surface area contributed by atoms with Crippen molar-refractivity contribution < 1.29 is 13.6 Å². The maximum Gasteiger partial charge on any atom is 0.344 e. The minimum absolute atomic E-state index is 0.256. The molecule has 0 radical (unpaired) electrons. The van der Waals surface area contributed by atoms with E-state index < -0.39 is 11.3 Å². The second kappa shape index (κ2) is 8.02. The SMILES string of the molecule is Cc1ccc(COc2ccc3c(-c4cc5cc(Cl)ccc5oc4=O)cc(=O)oc3c2)cc1. The molecule has 0 saturated heterocycles. The number of ether oxygens (including phenoxy) is 1. The van der Waals surface area contributed by atoms with E-state index >= 15 is 0 Å². The molecule has 5 aromatic rings. The molecule has 0 N–H and O–H groups in total. The minimum atomic E-state index is -0.575. The summed E-state index contributed by atoms with van der Waals surface area (Å²) in [5, 5.41) is 1.78. The average molecular weight is 445 g/mol. The zero-order valence-electron chi connectivity index (χ0n) is 17.1. The summed E-state index contributed by atoms with van der Waals surface area (Å²) in [6, 6.07) is 21.2. The van der Waals surface area contributed by atoms with Gasteiger partial charge in [0.05, 0.1) is 5.56 Å². The molecule has 0 atom stereocenters. The molecule has 2 aromatic heterocycles. The van der Waals surface area contributed by atoms with Crippen LogP contribution in [0.4, 0.5) is 0 Å². The molecule has 0 aliphatic rings. The first-order valence-electron chi connectivity index (χ1n) is 9.96. The number of benzene rings is 3. The van der Waals surface area contributed by atoms with Crippen molar-refractivity contribution in [2.45, 2.75) is 13.5 Å². The van der Waals surface area contributed by atoms with Crippen LogP contribution in [0.5, 0.6) is 5.75 Å². The predicted octanol–water partition coefficient (Wildman–Crippen LogP) is 6.11. The number of hydrogen-bond acceptors (Lipinski definition) is 5. The maximum atomic E-state index is 12.7. The quantitative estimate of drug-likeness (QED) is 0.313. The smallest absolute Gasteiger partial charge is 0.344 e. The van der Waals surface area contributed by atoms with Crippen LogP contribution in [0.1, 0.15) is 11.1 Å². The summed E-state index contributed by atoms with van der Waals surface area (Å²) in [5.41, 5.74) is 2.50. The highest BCUT2D eigenvalue weighted by molar-refractivity contribution is 6.31. The van der Waals surface area contributed by atoms with Crippen LogP contribution in [-0.4, -0.2) is 0 Å². The molecule has 32 heavy (non-hydrogen) atoms. The molecule has 0 aliphatic carbocycles. The summed E-state index contributed by atoms with van der Waals surface area (Å²) < 4.78 is 16.7. The first kappa shape index (κ1) is 20.1. The van der Waals surface area contributed by atoms with E-state index in [0.29, 0.717) is 44.9 Å². The number of rotatable bonds is 4. The summed E-state index contributed by atoms with van der Waals surface area (Å²) in [7, 11) is 0. The lowest BCUT2D eigenvalue weighted by atomic mass is 10.0. The molecule has 0 amide bonds. The van der Waals surface area contributed by atoms with Crippen molar-refractivity contribution in [3.05, 3.63) is 110 Å². The van der Waals surface area contributed by atoms with Gasteiger partial charge in [-0.3, -0.25) is 0 Å². The third kappa shape index (κ3) is 3.90. The highest BCUT2D eigenvalue weighted by Crippen LogP contribution is 2.30. The van der Waals surface area contributed by atoms with Gasteiger partial charge in [-0.2, -0.15) is 0 Å². The molecule has 5 rings (SSSR count). The first-order valence-corrected chi connectivity index (χ1v) is 10.3. The van der Waals surface area contributed by atoms with Crippen molar-refractivity contribution in [1.82, 2.24) is 0 Å². The Morgan fingerprint density at radius 2 is 1.62 bits per heavy atom. The van der Waals surface area contributed by atoms with Crippen LogP contribution in [0.25, 0.3) is 33.1 Å². The second-order valence-corrected chi connectivity index (χ2v) is 7.98. The number of hydrogen-bond donors (Lipinski definition) is 0. The zero-order valence-corrected chi connectivity index (χ0v) is 17.8. The lowest BCUT2D eigenvalue weighted by molar-refractivity contribution is 0.306. The fourth-order valence-electron chi connectivity index (χ4n) is 3.59. The Balaban J connectivity index is 1.56. The van der Waals surface area contributed by atoms with Gasteiger partial charge < -0.3 is 13.6 Å². The van der Waals surface area contributed by atoms with E-state index in [9.17, 15) is 9.59 Å².